The van der Waals surface area contributed by atoms with Crippen molar-refractivity contribution in [1.29, 1.82) is 0 Å². The third kappa shape index (κ3) is 3.09. The van der Waals surface area contributed by atoms with Gasteiger partial charge in [-0.1, -0.05) is 74.7 Å². The number of methoxy groups -OCH3 is 1. The van der Waals surface area contributed by atoms with E-state index in [0.29, 0.717) is 6.61 Å². The van der Waals surface area contributed by atoms with Gasteiger partial charge in [0, 0.05) is 7.11 Å². The van der Waals surface area contributed by atoms with E-state index >= 15 is 0 Å². The summed E-state index contributed by atoms with van der Waals surface area (Å²) in [4.78, 5) is 13.2. The van der Waals surface area contributed by atoms with Crippen molar-refractivity contribution in [2.24, 2.45) is 0 Å². The Bertz CT molecular complexity index is 690. The Morgan fingerprint density at radius 2 is 1.52 bits per heavy atom. The van der Waals surface area contributed by atoms with Gasteiger partial charge in [0.05, 0.1) is 13.2 Å². The molecule has 132 valence electrons. The highest BCUT2D eigenvalue weighted by Crippen LogP contribution is 2.49. The van der Waals surface area contributed by atoms with Crippen molar-refractivity contribution < 1.29 is 14.3 Å². The highest BCUT2D eigenvalue weighted by atomic mass is 16.5. The van der Waals surface area contributed by atoms with Gasteiger partial charge >= 0.3 is 5.97 Å². The molecule has 3 heteroatoms. The zero-order valence-electron chi connectivity index (χ0n) is 15.1. The molecule has 0 saturated heterocycles. The zero-order chi connectivity index (χ0) is 17.7. The van der Waals surface area contributed by atoms with E-state index < -0.39 is 5.41 Å². The molecule has 0 bridgehead atoms. The molecule has 3 nitrogen and oxygen atoms in total. The fourth-order valence-electron chi connectivity index (χ4n) is 3.79. The molecule has 0 fully saturated rings. The quantitative estimate of drug-likeness (QED) is 0.516. The molecule has 2 aromatic carbocycles. The molecule has 0 radical (unpaired) electrons. The first-order valence-corrected chi connectivity index (χ1v) is 9.11. The van der Waals surface area contributed by atoms with Crippen molar-refractivity contribution >= 4 is 5.97 Å². The van der Waals surface area contributed by atoms with Gasteiger partial charge in [-0.25, -0.2) is 0 Å². The lowest BCUT2D eigenvalue weighted by atomic mass is 9.79. The average molecular weight is 338 g/mol. The van der Waals surface area contributed by atoms with Gasteiger partial charge < -0.3 is 9.47 Å². The number of carbonyl (C=O) groups excluding carboxylic acids is 1. The van der Waals surface area contributed by atoms with Gasteiger partial charge in [0.2, 0.25) is 0 Å². The first-order chi connectivity index (χ1) is 12.3. The second-order valence-corrected chi connectivity index (χ2v) is 6.63. The van der Waals surface area contributed by atoms with Crippen LogP contribution in [0.25, 0.3) is 11.1 Å². The molecular weight excluding hydrogens is 312 g/mol. The van der Waals surface area contributed by atoms with E-state index in [2.05, 4.69) is 19.1 Å². The molecule has 0 amide bonds. The van der Waals surface area contributed by atoms with Crippen LogP contribution in [0.5, 0.6) is 0 Å². The lowest BCUT2D eigenvalue weighted by Crippen LogP contribution is -2.41. The third-order valence-corrected chi connectivity index (χ3v) is 5.00. The Hall–Kier alpha value is -2.13. The SMILES string of the molecule is CCCCCCOC(=O)C1(COC)c2ccccc2-c2ccccc21. The summed E-state index contributed by atoms with van der Waals surface area (Å²) in [5.74, 6) is -0.205. The minimum Gasteiger partial charge on any atom is -0.465 e. The lowest BCUT2D eigenvalue weighted by molar-refractivity contribution is -0.150. The van der Waals surface area contributed by atoms with Crippen molar-refractivity contribution in [3.05, 3.63) is 59.7 Å². The second-order valence-electron chi connectivity index (χ2n) is 6.63. The molecular formula is C22H26O3. The van der Waals surface area contributed by atoms with Crippen LogP contribution >= 0.6 is 0 Å². The van der Waals surface area contributed by atoms with Gasteiger partial charge in [0.15, 0.2) is 0 Å². The average Bonchev–Trinajstić information content (AvgIpc) is 2.93. The number of rotatable bonds is 8. The topological polar surface area (TPSA) is 35.5 Å². The first-order valence-electron chi connectivity index (χ1n) is 9.11. The Morgan fingerprint density at radius 1 is 0.920 bits per heavy atom. The van der Waals surface area contributed by atoms with Gasteiger partial charge in [-0.15, -0.1) is 0 Å². The molecule has 0 aromatic heterocycles. The van der Waals surface area contributed by atoms with E-state index in [-0.39, 0.29) is 12.6 Å². The van der Waals surface area contributed by atoms with E-state index in [1.165, 1.54) is 12.8 Å². The van der Waals surface area contributed by atoms with Gasteiger partial charge in [-0.2, -0.15) is 0 Å². The molecule has 0 aliphatic heterocycles. The number of esters is 1. The summed E-state index contributed by atoms with van der Waals surface area (Å²) >= 11 is 0. The van der Waals surface area contributed by atoms with Gasteiger partial charge in [0.25, 0.3) is 0 Å². The maximum atomic E-state index is 13.2. The Morgan fingerprint density at radius 3 is 2.08 bits per heavy atom. The summed E-state index contributed by atoms with van der Waals surface area (Å²) < 4.78 is 11.2. The van der Waals surface area contributed by atoms with Crippen LogP contribution in [0.4, 0.5) is 0 Å². The first kappa shape index (κ1) is 17.7. The van der Waals surface area contributed by atoms with Crippen molar-refractivity contribution in [2.45, 2.75) is 38.0 Å². The Labute approximate surface area is 150 Å². The summed E-state index contributed by atoms with van der Waals surface area (Å²) in [5, 5.41) is 0. The summed E-state index contributed by atoms with van der Waals surface area (Å²) in [7, 11) is 1.64. The van der Waals surface area contributed by atoms with Crippen molar-refractivity contribution in [3.8, 4) is 11.1 Å². The third-order valence-electron chi connectivity index (χ3n) is 5.00. The van der Waals surface area contributed by atoms with Gasteiger partial charge in [-0.05, 0) is 28.7 Å². The maximum absolute atomic E-state index is 13.2. The number of ether oxygens (including phenoxy) is 2. The number of hydrogen-bond acceptors (Lipinski definition) is 3. The van der Waals surface area contributed by atoms with Crippen LogP contribution in [0.2, 0.25) is 0 Å². The number of carbonyl (C=O) groups is 1. The maximum Gasteiger partial charge on any atom is 0.323 e. The van der Waals surface area contributed by atoms with Crippen molar-refractivity contribution in [3.63, 3.8) is 0 Å². The van der Waals surface area contributed by atoms with Crippen LogP contribution in [0.1, 0.15) is 43.7 Å². The highest BCUT2D eigenvalue weighted by Gasteiger charge is 2.50. The molecule has 0 spiro atoms. The molecule has 1 aliphatic rings. The molecule has 3 rings (SSSR count). The zero-order valence-corrected chi connectivity index (χ0v) is 15.1. The smallest absolute Gasteiger partial charge is 0.323 e. The number of fused-ring (bicyclic) bond motifs is 3. The summed E-state index contributed by atoms with van der Waals surface area (Å²) in [6, 6.07) is 16.1. The fourth-order valence-corrected chi connectivity index (χ4v) is 3.79. The normalized spacial score (nSPS) is 14.0. The predicted molar refractivity (Wildman–Crippen MR) is 99.6 cm³/mol. The second kappa shape index (κ2) is 7.83. The van der Waals surface area contributed by atoms with Crippen LogP contribution in [-0.2, 0) is 19.7 Å². The van der Waals surface area contributed by atoms with E-state index in [4.69, 9.17) is 9.47 Å². The minimum absolute atomic E-state index is 0.205. The predicted octanol–water partition coefficient (Wildman–Crippen LogP) is 4.72. The van der Waals surface area contributed by atoms with Crippen molar-refractivity contribution in [1.82, 2.24) is 0 Å². The van der Waals surface area contributed by atoms with Crippen LogP contribution < -0.4 is 0 Å². The highest BCUT2D eigenvalue weighted by molar-refractivity contribution is 5.98. The van der Waals surface area contributed by atoms with E-state index in [1.54, 1.807) is 7.11 Å². The minimum atomic E-state index is -0.868. The summed E-state index contributed by atoms with van der Waals surface area (Å²) in [6.07, 6.45) is 4.34. The van der Waals surface area contributed by atoms with Crippen molar-refractivity contribution in [2.75, 3.05) is 20.3 Å². The molecule has 0 saturated carbocycles. The largest absolute Gasteiger partial charge is 0.465 e. The number of benzene rings is 2. The van der Waals surface area contributed by atoms with E-state index in [0.717, 1.165) is 35.1 Å². The van der Waals surface area contributed by atoms with E-state index in [1.807, 2.05) is 36.4 Å². The standard InChI is InChI=1S/C22H26O3/c1-3-4-5-10-15-25-21(23)22(16-24-2)19-13-8-6-11-17(19)18-12-7-9-14-20(18)22/h6-9,11-14H,3-5,10,15-16H2,1-2H3. The Kier molecular flexibility index (Phi) is 5.54. The van der Waals surface area contributed by atoms with Gasteiger partial charge in [0.1, 0.15) is 5.41 Å². The molecule has 0 heterocycles. The lowest BCUT2D eigenvalue weighted by Gasteiger charge is -2.29. The van der Waals surface area contributed by atoms with Crippen LogP contribution in [0.15, 0.2) is 48.5 Å². The molecule has 1 aliphatic carbocycles. The molecule has 0 unspecified atom stereocenters. The van der Waals surface area contributed by atoms with Crippen LogP contribution in [-0.4, -0.2) is 26.3 Å². The van der Waals surface area contributed by atoms with Gasteiger partial charge in [-0.3, -0.25) is 4.79 Å². The van der Waals surface area contributed by atoms with Crippen LogP contribution in [0, 0.1) is 0 Å². The number of unbranched alkanes of at least 4 members (excludes halogenated alkanes) is 3. The van der Waals surface area contributed by atoms with Crippen LogP contribution in [0.3, 0.4) is 0 Å². The fraction of sp³-hybridized carbons (Fsp3) is 0.409. The summed E-state index contributed by atoms with van der Waals surface area (Å²) in [6.45, 7) is 2.93. The Balaban J connectivity index is 1.95. The molecule has 25 heavy (non-hydrogen) atoms. The molecule has 2 aromatic rings. The molecule has 0 atom stereocenters. The summed E-state index contributed by atoms with van der Waals surface area (Å²) in [5.41, 5.74) is 3.29. The molecule has 0 N–H and O–H groups in total. The monoisotopic (exact) mass is 338 g/mol. The van der Waals surface area contributed by atoms with E-state index in [9.17, 15) is 4.79 Å². The number of hydrogen-bond donors (Lipinski definition) is 0.